The summed E-state index contributed by atoms with van der Waals surface area (Å²) in [6, 6.07) is 139. The molecule has 18 aromatic rings. The van der Waals surface area contributed by atoms with E-state index in [1.165, 1.54) is 176 Å². The number of nitrogens with zero attached hydrogens (tertiary/aromatic N) is 2. The van der Waals surface area contributed by atoms with Crippen LogP contribution in [0.15, 0.2) is 397 Å². The lowest BCUT2D eigenvalue weighted by Gasteiger charge is -2.36. The van der Waals surface area contributed by atoms with E-state index in [1.54, 1.807) is 0 Å². The van der Waals surface area contributed by atoms with Crippen LogP contribution < -0.4 is 30.7 Å². The monoisotopic (exact) mass is 1990 g/mol. The van der Waals surface area contributed by atoms with E-state index in [-0.39, 0.29) is 35.0 Å². The van der Waals surface area contributed by atoms with Crippen molar-refractivity contribution in [3.63, 3.8) is 0 Å². The molecule has 6 aliphatic rings. The predicted molar refractivity (Wildman–Crippen MR) is 620 cm³/mol. The maximum atomic E-state index is 3.82. The predicted octanol–water partition coefficient (Wildman–Crippen LogP) is 36.6. The van der Waals surface area contributed by atoms with E-state index in [0.717, 1.165) is 54.4 Å². The maximum absolute atomic E-state index is 3.82. The molecule has 2 spiro atoms. The van der Waals surface area contributed by atoms with E-state index >= 15 is 0 Å². The van der Waals surface area contributed by atoms with Gasteiger partial charge in [-0.15, -0.1) is 0 Å². The quantitative estimate of drug-likeness (QED) is 0.103. The Morgan fingerprint density at radius 2 is 0.536 bits per heavy atom. The normalized spacial score (nSPS) is 15.0. The van der Waals surface area contributed by atoms with Gasteiger partial charge in [0.05, 0.1) is 35.1 Å². The Hall–Kier alpha value is -12.8. The largest absolute Gasteiger partial charge is 0.356 e. The number of benzene rings is 18. The Bertz CT molecular complexity index is 7630. The lowest BCUT2D eigenvalue weighted by molar-refractivity contribution is 0.590. The lowest BCUT2D eigenvalue weighted by Crippen LogP contribution is -2.37. The van der Waals surface area contributed by atoms with Crippen molar-refractivity contribution in [2.24, 2.45) is 0 Å². The van der Waals surface area contributed by atoms with Crippen molar-refractivity contribution < 1.29 is 0 Å². The molecule has 0 radical (unpaired) electrons. The molecule has 3 nitrogen and oxygen atoms in total. The number of hydrogen-bond donors (Lipinski definition) is 1. The minimum Gasteiger partial charge on any atom is -0.356 e. The Balaban J connectivity index is 0.000000156. The van der Waals surface area contributed by atoms with Gasteiger partial charge in [0.25, 0.3) is 0 Å². The van der Waals surface area contributed by atoms with Gasteiger partial charge >= 0.3 is 0 Å². The van der Waals surface area contributed by atoms with Crippen LogP contribution in [0, 0.1) is 0 Å². The van der Waals surface area contributed by atoms with Crippen molar-refractivity contribution in [2.45, 2.75) is 168 Å². The summed E-state index contributed by atoms with van der Waals surface area (Å²) >= 11 is 7.65. The molecule has 2 atom stereocenters. The minimum atomic E-state index is -1.56. The first kappa shape index (κ1) is 93.5. The first-order chi connectivity index (χ1) is 66.5. The van der Waals surface area contributed by atoms with Crippen LogP contribution in [-0.2, 0) is 27.1 Å². The number of nitrogens with one attached hydrogen (secondary N) is 1. The summed E-state index contributed by atoms with van der Waals surface area (Å²) in [6.07, 6.45) is 9.37. The maximum Gasteiger partial charge on any atom is 0.0775 e. The molecule has 0 saturated carbocycles. The molecule has 0 fully saturated rings. The van der Waals surface area contributed by atoms with E-state index in [2.05, 4.69) is 556 Å². The number of hydrogen-bond acceptors (Lipinski definition) is 3. The molecule has 694 valence electrons. The molecule has 6 aliphatic carbocycles. The molecule has 0 bridgehead atoms. The van der Waals surface area contributed by atoms with Crippen LogP contribution in [0.2, 0.25) is 58.9 Å². The minimum absolute atomic E-state index is 0. The highest BCUT2D eigenvalue weighted by Crippen LogP contribution is 2.68. The van der Waals surface area contributed by atoms with Gasteiger partial charge in [-0.3, -0.25) is 0 Å². The van der Waals surface area contributed by atoms with E-state index in [4.69, 9.17) is 0 Å². The molecule has 0 aliphatic heterocycles. The van der Waals surface area contributed by atoms with E-state index in [0.29, 0.717) is 5.92 Å². The van der Waals surface area contributed by atoms with E-state index in [1.807, 2.05) is 0 Å². The van der Waals surface area contributed by atoms with Crippen molar-refractivity contribution in [1.29, 1.82) is 0 Å². The Morgan fingerprint density at radius 1 is 0.243 bits per heavy atom. The van der Waals surface area contributed by atoms with Crippen molar-refractivity contribution >= 4 is 149 Å². The molecule has 0 aromatic heterocycles. The van der Waals surface area contributed by atoms with E-state index in [9.17, 15) is 0 Å². The van der Waals surface area contributed by atoms with Gasteiger partial charge in [0.15, 0.2) is 0 Å². The first-order valence-corrected chi connectivity index (χ1v) is 61.7. The van der Waals surface area contributed by atoms with Gasteiger partial charge in [-0.2, -0.15) is 0 Å². The lowest BCUT2D eigenvalue weighted by atomic mass is 9.66. The zero-order chi connectivity index (χ0) is 96.5. The van der Waals surface area contributed by atoms with Gasteiger partial charge in [0.1, 0.15) is 0 Å². The summed E-state index contributed by atoms with van der Waals surface area (Å²) in [4.78, 5) is 5.01. The van der Waals surface area contributed by atoms with E-state index < -0.39 is 29.6 Å². The fourth-order valence-electron chi connectivity index (χ4n) is 23.4. The average Bonchev–Trinajstić information content (AvgIpc) is 1.50. The average molecular weight is 2000 g/mol. The van der Waals surface area contributed by atoms with Gasteiger partial charge < -0.3 is 15.1 Å². The second-order valence-electron chi connectivity index (χ2n) is 45.5. The first-order valence-electron chi connectivity index (χ1n) is 49.6. The molecule has 2 unspecified atom stereocenters. The van der Waals surface area contributed by atoms with Gasteiger partial charge in [-0.25, -0.2) is 0 Å². The summed E-state index contributed by atoms with van der Waals surface area (Å²) in [6.45, 7) is 42.3. The number of fused-ring (bicyclic) bond motifs is 32. The van der Waals surface area contributed by atoms with Crippen LogP contribution in [-0.4, -0.2) is 24.2 Å². The van der Waals surface area contributed by atoms with Crippen molar-refractivity contribution in [3.8, 4) is 55.6 Å². The third-order valence-corrected chi connectivity index (χ3v) is 37.8. The Labute approximate surface area is 850 Å². The fourth-order valence-corrected chi connectivity index (χ4v) is 27.6. The van der Waals surface area contributed by atoms with Crippen LogP contribution >= 0.6 is 31.9 Å². The molecular weight excluding hydrogens is 1870 g/mol. The van der Waals surface area contributed by atoms with Crippen LogP contribution in [0.3, 0.4) is 0 Å². The molecule has 24 rings (SSSR count). The van der Waals surface area contributed by atoms with Crippen LogP contribution in [0.25, 0.3) is 88.0 Å². The highest BCUT2D eigenvalue weighted by molar-refractivity contribution is 9.10. The standard InChI is InChI=1S/C75H74N2Si2.C37H20Br2.C19H27NSi.CH4/c1-73(2,3)49-25-29-51(30-26-49)76(53-33-39-57(40-34-53)78(7,8)9)55-37-43-64-65-44-38-56(77(52-31-27-50(28-32-52)74(4,5)6)54-35-41-58(42-36-54)79(10,11)12)46-71(65)75(70(64)45-55)69-24-18-17-23-63(69)68-47-66-61-21-15-13-19-59(61)60-20-14-16-22-62(60)67(66)48-72(68)75;38-21-13-15-28-29-16-14-22(39)18-35(29)37(34(28)17-21)33-12-6-5-11-27(33)32-19-30-25-9-3-1-7-23(25)24-8-2-4-10-26(24)31(30)20-36(32)37;1-19(2,3)15-7-9-16(10-8-15)20-17-11-13-18(14-12-17)21(4,5)6;/h13-48,59,61H,1-12H3;1-20H;7-14,20H,1-6H3;1H4. The second-order valence-corrected chi connectivity index (χ2v) is 62.6. The molecule has 8 heteroatoms. The van der Waals surface area contributed by atoms with Gasteiger partial charge in [-0.1, -0.05) is 419 Å². The molecule has 18 aromatic carbocycles. The van der Waals surface area contributed by atoms with Crippen molar-refractivity contribution in [3.05, 3.63) is 470 Å². The molecule has 140 heavy (non-hydrogen) atoms. The summed E-state index contributed by atoms with van der Waals surface area (Å²) in [5.74, 6) is 0.545. The number of rotatable bonds is 11. The third-order valence-electron chi connectivity index (χ3n) is 30.7. The number of allylic oxidation sites excluding steroid dienone is 4. The third kappa shape index (κ3) is 15.8. The highest BCUT2D eigenvalue weighted by Gasteiger charge is 2.55. The summed E-state index contributed by atoms with van der Waals surface area (Å²) < 4.78 is 2.21. The summed E-state index contributed by atoms with van der Waals surface area (Å²) in [7, 11) is -4.33. The Morgan fingerprint density at radius 3 is 0.943 bits per heavy atom. The molecular formula is C132H125Br2N3Si3. The molecule has 0 amide bonds. The smallest absolute Gasteiger partial charge is 0.0775 e. The van der Waals surface area contributed by atoms with Gasteiger partial charge in [0.2, 0.25) is 0 Å². The summed E-state index contributed by atoms with van der Waals surface area (Å²) in [5, 5.41) is 15.8. The van der Waals surface area contributed by atoms with Crippen molar-refractivity contribution in [2.75, 3.05) is 15.1 Å². The fraction of sp³-hybridized carbons (Fsp3) is 0.197. The number of anilines is 8. The van der Waals surface area contributed by atoms with Crippen LogP contribution in [0.4, 0.5) is 45.5 Å². The highest BCUT2D eigenvalue weighted by atomic mass is 79.9. The Kier molecular flexibility index (Phi) is 23.3. The van der Waals surface area contributed by atoms with Gasteiger partial charge in [-0.05, 0) is 322 Å². The van der Waals surface area contributed by atoms with Gasteiger partial charge in [0, 0.05) is 66.3 Å². The van der Waals surface area contributed by atoms with Crippen LogP contribution in [0.5, 0.6) is 0 Å². The second kappa shape index (κ2) is 34.9. The molecule has 1 N–H and O–H groups in total. The molecule has 0 heterocycles. The zero-order valence-electron chi connectivity index (χ0n) is 83.3. The zero-order valence-corrected chi connectivity index (χ0v) is 89.4. The molecule has 0 saturated heterocycles. The number of halogens is 2. The SMILES string of the molecule is Brc1ccc2c(c1)C1(c3ccccc3-c3cc4c5ccccc5c5ccccc5c4cc31)c1cc(Br)ccc1-2.C.CC(C)(C)c1ccc(N(c2ccc([Si](C)(C)C)cc2)c2ccc3c(c2)C2(c4ccccc4-c4cc5c(cc42)-c2ccccc2C2C=CC=CC52)c2cc(N(c4ccc(C(C)(C)C)cc4)c4ccc([Si](C)(C)C)cc4)ccc2-3)cc1.CC(C)(C)c1ccc(Nc2ccc([Si](C)(C)C)cc2)cc1. The van der Waals surface area contributed by atoms with Crippen molar-refractivity contribution in [1.82, 2.24) is 0 Å². The van der Waals surface area contributed by atoms with Crippen LogP contribution in [0.1, 0.15) is 154 Å². The summed E-state index contributed by atoms with van der Waals surface area (Å²) in [5.41, 5.74) is 39.2. The topological polar surface area (TPSA) is 18.5 Å².